The summed E-state index contributed by atoms with van der Waals surface area (Å²) in [5, 5.41) is -1.33. The van der Waals surface area contributed by atoms with E-state index in [4.69, 9.17) is 0 Å². The van der Waals surface area contributed by atoms with Crippen LogP contribution in [0.15, 0.2) is 48.5 Å². The zero-order valence-electron chi connectivity index (χ0n) is 10.7. The predicted octanol–water partition coefficient (Wildman–Crippen LogP) is 4.50. The molecular formula is C14H8F6OP. The number of alkyl halides is 6. The average molecular weight is 337 g/mol. The second kappa shape index (κ2) is 5.72. The maximum absolute atomic E-state index is 12.9. The molecule has 0 unspecified atom stereocenters. The third-order valence-corrected chi connectivity index (χ3v) is 4.51. The smallest absolute Gasteiger partial charge is 0.277 e. The molecule has 0 aromatic heterocycles. The predicted molar refractivity (Wildman–Crippen MR) is 69.8 cm³/mol. The maximum Gasteiger partial charge on any atom is 0.417 e. The van der Waals surface area contributed by atoms with Crippen molar-refractivity contribution in [1.29, 1.82) is 0 Å². The van der Waals surface area contributed by atoms with E-state index in [-0.39, 0.29) is 0 Å². The molecule has 0 bridgehead atoms. The molecule has 0 aliphatic rings. The Hall–Kier alpha value is -1.88. The van der Waals surface area contributed by atoms with Crippen LogP contribution in [0.25, 0.3) is 0 Å². The summed E-state index contributed by atoms with van der Waals surface area (Å²) in [7, 11) is -3.03. The van der Waals surface area contributed by atoms with E-state index in [0.717, 1.165) is 24.3 Å². The van der Waals surface area contributed by atoms with Gasteiger partial charge in [-0.2, -0.15) is 26.3 Å². The van der Waals surface area contributed by atoms with Crippen molar-refractivity contribution in [3.63, 3.8) is 0 Å². The highest BCUT2D eigenvalue weighted by molar-refractivity contribution is 7.61. The van der Waals surface area contributed by atoms with Gasteiger partial charge >= 0.3 is 12.4 Å². The quantitative estimate of drug-likeness (QED) is 0.582. The second-order valence-electron chi connectivity index (χ2n) is 4.32. The minimum atomic E-state index is -4.80. The Kier molecular flexibility index (Phi) is 4.29. The van der Waals surface area contributed by atoms with Gasteiger partial charge in [0.2, 0.25) is 0 Å². The van der Waals surface area contributed by atoms with Crippen LogP contribution >= 0.6 is 7.80 Å². The Bertz CT molecular complexity index is 645. The highest BCUT2D eigenvalue weighted by Gasteiger charge is 2.38. The van der Waals surface area contributed by atoms with Crippen LogP contribution in [-0.4, -0.2) is 0 Å². The lowest BCUT2D eigenvalue weighted by Crippen LogP contribution is -2.23. The van der Waals surface area contributed by atoms with E-state index in [1.807, 2.05) is 0 Å². The molecule has 22 heavy (non-hydrogen) atoms. The average Bonchev–Trinajstić information content (AvgIpc) is 2.45. The molecule has 1 nitrogen and oxygen atoms in total. The lowest BCUT2D eigenvalue weighted by Gasteiger charge is -2.15. The van der Waals surface area contributed by atoms with E-state index in [2.05, 4.69) is 0 Å². The van der Waals surface area contributed by atoms with E-state index in [0.29, 0.717) is 12.1 Å². The van der Waals surface area contributed by atoms with Crippen molar-refractivity contribution in [2.75, 3.05) is 0 Å². The molecule has 8 heteroatoms. The van der Waals surface area contributed by atoms with Crippen LogP contribution in [0.1, 0.15) is 11.1 Å². The molecular weight excluding hydrogens is 329 g/mol. The zero-order chi connectivity index (χ0) is 16.5. The van der Waals surface area contributed by atoms with Gasteiger partial charge < -0.3 is 0 Å². The van der Waals surface area contributed by atoms with Crippen molar-refractivity contribution in [3.8, 4) is 0 Å². The molecule has 0 amide bonds. The van der Waals surface area contributed by atoms with Crippen LogP contribution in [0.3, 0.4) is 0 Å². The van der Waals surface area contributed by atoms with Crippen molar-refractivity contribution < 1.29 is 30.9 Å². The highest BCUT2D eigenvalue weighted by atomic mass is 31.1. The van der Waals surface area contributed by atoms with Gasteiger partial charge in [-0.05, 0) is 24.3 Å². The first-order chi connectivity index (χ1) is 10.1. The molecule has 0 saturated heterocycles. The van der Waals surface area contributed by atoms with Crippen LogP contribution in [0.4, 0.5) is 26.3 Å². The first-order valence-electron chi connectivity index (χ1n) is 5.92. The second-order valence-corrected chi connectivity index (χ2v) is 5.88. The molecule has 2 rings (SSSR count). The van der Waals surface area contributed by atoms with Crippen molar-refractivity contribution in [1.82, 2.24) is 0 Å². The minimum Gasteiger partial charge on any atom is -0.277 e. The molecule has 0 N–H and O–H groups in total. The third-order valence-electron chi connectivity index (χ3n) is 2.86. The van der Waals surface area contributed by atoms with Gasteiger partial charge in [-0.25, -0.2) is 0 Å². The fourth-order valence-corrected chi connectivity index (χ4v) is 3.45. The molecule has 0 aliphatic heterocycles. The summed E-state index contributed by atoms with van der Waals surface area (Å²) < 4.78 is 89.8. The minimum absolute atomic E-state index is 0.665. The lowest BCUT2D eigenvalue weighted by atomic mass is 10.2. The number of halogens is 6. The van der Waals surface area contributed by atoms with Crippen LogP contribution in [0, 0.1) is 0 Å². The summed E-state index contributed by atoms with van der Waals surface area (Å²) in [6.45, 7) is 0. The topological polar surface area (TPSA) is 17.1 Å². The molecule has 2 aromatic rings. The Morgan fingerprint density at radius 1 is 0.636 bits per heavy atom. The zero-order valence-corrected chi connectivity index (χ0v) is 11.6. The van der Waals surface area contributed by atoms with Gasteiger partial charge in [-0.15, -0.1) is 0 Å². The standard InChI is InChI=1S/C14H8F6OP/c15-13(16,17)9-5-1-3-7-11(9)22(21)12-8-4-2-6-10(12)14(18,19)20/h1-8H. The molecule has 0 atom stereocenters. The summed E-state index contributed by atoms with van der Waals surface area (Å²) in [5.74, 6) is 0. The lowest BCUT2D eigenvalue weighted by molar-refractivity contribution is -0.137. The fourth-order valence-electron chi connectivity index (χ4n) is 1.91. The van der Waals surface area contributed by atoms with E-state index >= 15 is 0 Å². The Morgan fingerprint density at radius 2 is 0.955 bits per heavy atom. The molecule has 1 radical (unpaired) electrons. The monoisotopic (exact) mass is 337 g/mol. The number of benzene rings is 2. The number of hydrogen-bond donors (Lipinski definition) is 0. The van der Waals surface area contributed by atoms with E-state index < -0.39 is 41.9 Å². The maximum atomic E-state index is 12.9. The Balaban J connectivity index is 2.61. The molecule has 2 aromatic carbocycles. The van der Waals surface area contributed by atoms with E-state index in [9.17, 15) is 30.9 Å². The Labute approximate surface area is 122 Å². The van der Waals surface area contributed by atoms with Gasteiger partial charge in [0.15, 0.2) is 0 Å². The highest BCUT2D eigenvalue weighted by Crippen LogP contribution is 2.36. The van der Waals surface area contributed by atoms with E-state index in [1.54, 1.807) is 0 Å². The van der Waals surface area contributed by atoms with Crippen LogP contribution < -0.4 is 10.6 Å². The summed E-state index contributed by atoms with van der Waals surface area (Å²) in [4.78, 5) is 0. The molecule has 0 saturated carbocycles. The molecule has 0 spiro atoms. The molecule has 0 heterocycles. The van der Waals surface area contributed by atoms with Gasteiger partial charge in [-0.1, -0.05) is 24.3 Å². The van der Waals surface area contributed by atoms with Crippen molar-refractivity contribution >= 4 is 18.4 Å². The van der Waals surface area contributed by atoms with Crippen LogP contribution in [0.5, 0.6) is 0 Å². The van der Waals surface area contributed by atoms with Gasteiger partial charge in [-0.3, -0.25) is 4.57 Å². The normalized spacial score (nSPS) is 12.3. The Morgan fingerprint density at radius 3 is 1.27 bits per heavy atom. The van der Waals surface area contributed by atoms with Crippen molar-refractivity contribution in [2.45, 2.75) is 12.4 Å². The summed E-state index contributed by atoms with van der Waals surface area (Å²) in [6, 6.07) is 7.82. The van der Waals surface area contributed by atoms with Gasteiger partial charge in [0.1, 0.15) is 7.80 Å². The SMILES string of the molecule is O=[P](c1ccccc1C(F)(F)F)c1ccccc1C(F)(F)F. The van der Waals surface area contributed by atoms with E-state index in [1.165, 1.54) is 12.1 Å². The summed E-state index contributed by atoms with van der Waals surface area (Å²) >= 11 is 0. The number of rotatable bonds is 2. The summed E-state index contributed by atoms with van der Waals surface area (Å²) in [5.41, 5.74) is -2.40. The first kappa shape index (κ1) is 16.5. The van der Waals surface area contributed by atoms with Gasteiger partial charge in [0.05, 0.1) is 11.1 Å². The largest absolute Gasteiger partial charge is 0.417 e. The van der Waals surface area contributed by atoms with Crippen molar-refractivity contribution in [2.24, 2.45) is 0 Å². The molecule has 117 valence electrons. The van der Waals surface area contributed by atoms with Crippen LogP contribution in [-0.2, 0) is 16.9 Å². The first-order valence-corrected chi connectivity index (χ1v) is 7.18. The summed E-state index contributed by atoms with van der Waals surface area (Å²) in [6.07, 6.45) is -9.59. The fraction of sp³-hybridized carbons (Fsp3) is 0.143. The van der Waals surface area contributed by atoms with Crippen molar-refractivity contribution in [3.05, 3.63) is 59.7 Å². The van der Waals surface area contributed by atoms with Crippen LogP contribution in [0.2, 0.25) is 0 Å². The third kappa shape index (κ3) is 3.30. The van der Waals surface area contributed by atoms with Gasteiger partial charge in [0, 0.05) is 10.6 Å². The molecule has 0 aliphatic carbocycles. The van der Waals surface area contributed by atoms with Gasteiger partial charge in [0.25, 0.3) is 0 Å². The molecule has 0 fully saturated rings. The number of hydrogen-bond acceptors (Lipinski definition) is 1.